The maximum Gasteiger partial charge on any atom is 0.255 e. The SMILES string of the molecule is COCCN(CCBr)C(=O)c1ccccc1SC. The number of carbonyl (C=O) groups is 1. The van der Waals surface area contributed by atoms with Crippen molar-refractivity contribution < 1.29 is 9.53 Å². The molecule has 0 saturated heterocycles. The van der Waals surface area contributed by atoms with Gasteiger partial charge in [0.2, 0.25) is 0 Å². The van der Waals surface area contributed by atoms with E-state index in [9.17, 15) is 4.79 Å². The van der Waals surface area contributed by atoms with Crippen molar-refractivity contribution in [3.63, 3.8) is 0 Å². The van der Waals surface area contributed by atoms with Crippen LogP contribution in [0, 0.1) is 0 Å². The van der Waals surface area contributed by atoms with Crippen LogP contribution in [0.2, 0.25) is 0 Å². The first kappa shape index (κ1) is 15.5. The number of hydrogen-bond donors (Lipinski definition) is 0. The average Bonchev–Trinajstić information content (AvgIpc) is 2.42. The van der Waals surface area contributed by atoms with Crippen molar-refractivity contribution in [3.8, 4) is 0 Å². The Morgan fingerprint density at radius 1 is 1.39 bits per heavy atom. The van der Waals surface area contributed by atoms with E-state index >= 15 is 0 Å². The summed E-state index contributed by atoms with van der Waals surface area (Å²) >= 11 is 4.97. The Morgan fingerprint density at radius 2 is 2.11 bits per heavy atom. The Morgan fingerprint density at radius 3 is 2.72 bits per heavy atom. The first-order valence-corrected chi connectivity index (χ1v) is 8.06. The molecule has 0 aliphatic carbocycles. The van der Waals surface area contributed by atoms with E-state index in [4.69, 9.17) is 4.74 Å². The van der Waals surface area contributed by atoms with Crippen LogP contribution in [0.5, 0.6) is 0 Å². The van der Waals surface area contributed by atoms with Crippen molar-refractivity contribution in [2.75, 3.05) is 38.4 Å². The lowest BCUT2D eigenvalue weighted by Crippen LogP contribution is -2.35. The second-order valence-electron chi connectivity index (χ2n) is 3.67. The number of thioether (sulfide) groups is 1. The molecule has 0 N–H and O–H groups in total. The van der Waals surface area contributed by atoms with E-state index in [1.807, 2.05) is 35.4 Å². The van der Waals surface area contributed by atoms with Crippen LogP contribution in [0.3, 0.4) is 0 Å². The van der Waals surface area contributed by atoms with Crippen LogP contribution in [0.1, 0.15) is 10.4 Å². The zero-order chi connectivity index (χ0) is 13.4. The number of alkyl halides is 1. The molecule has 1 aromatic carbocycles. The summed E-state index contributed by atoms with van der Waals surface area (Å²) in [5, 5.41) is 0.768. The number of halogens is 1. The highest BCUT2D eigenvalue weighted by molar-refractivity contribution is 9.09. The molecule has 0 radical (unpaired) electrons. The second-order valence-corrected chi connectivity index (χ2v) is 5.32. The van der Waals surface area contributed by atoms with Gasteiger partial charge in [0.1, 0.15) is 0 Å². The summed E-state index contributed by atoms with van der Waals surface area (Å²) in [5.74, 6) is 0.0662. The van der Waals surface area contributed by atoms with Gasteiger partial charge in [-0.25, -0.2) is 0 Å². The molecule has 0 aliphatic heterocycles. The number of ether oxygens (including phenoxy) is 1. The highest BCUT2D eigenvalue weighted by atomic mass is 79.9. The number of carbonyl (C=O) groups excluding carboxylic acids is 1. The third-order valence-corrected chi connectivity index (χ3v) is 3.69. The molecule has 0 atom stereocenters. The molecular formula is C13H18BrNO2S. The van der Waals surface area contributed by atoms with Gasteiger partial charge in [-0.05, 0) is 18.4 Å². The number of nitrogens with zero attached hydrogens (tertiary/aromatic N) is 1. The predicted molar refractivity (Wildman–Crippen MR) is 79.8 cm³/mol. The standard InChI is InChI=1S/C13H18BrNO2S/c1-17-10-9-15(8-7-14)13(16)11-5-3-4-6-12(11)18-2/h3-6H,7-10H2,1-2H3. The Kier molecular flexibility index (Phi) is 7.39. The molecule has 0 spiro atoms. The molecule has 0 fully saturated rings. The van der Waals surface area contributed by atoms with Crippen molar-refractivity contribution in [2.45, 2.75) is 4.90 Å². The van der Waals surface area contributed by atoms with E-state index in [1.165, 1.54) is 0 Å². The van der Waals surface area contributed by atoms with E-state index in [2.05, 4.69) is 15.9 Å². The minimum absolute atomic E-state index is 0.0662. The van der Waals surface area contributed by atoms with Gasteiger partial charge >= 0.3 is 0 Å². The molecule has 5 heteroatoms. The summed E-state index contributed by atoms with van der Waals surface area (Å²) in [6, 6.07) is 7.70. The zero-order valence-corrected chi connectivity index (χ0v) is 13.1. The molecule has 0 bridgehead atoms. The molecule has 0 saturated carbocycles. The quantitative estimate of drug-likeness (QED) is 0.568. The summed E-state index contributed by atoms with van der Waals surface area (Å²) in [4.78, 5) is 15.3. The van der Waals surface area contributed by atoms with Gasteiger partial charge in [0, 0.05) is 30.4 Å². The van der Waals surface area contributed by atoms with Gasteiger partial charge in [0.15, 0.2) is 0 Å². The third kappa shape index (κ3) is 4.30. The molecule has 0 aromatic heterocycles. The van der Waals surface area contributed by atoms with E-state index in [1.54, 1.807) is 18.9 Å². The molecule has 1 rings (SSSR count). The van der Waals surface area contributed by atoms with Gasteiger partial charge in [-0.1, -0.05) is 28.1 Å². The smallest absolute Gasteiger partial charge is 0.255 e. The van der Waals surface area contributed by atoms with Crippen molar-refractivity contribution in [2.24, 2.45) is 0 Å². The molecule has 18 heavy (non-hydrogen) atoms. The molecule has 0 aliphatic rings. The van der Waals surface area contributed by atoms with Gasteiger partial charge in [0.25, 0.3) is 5.91 Å². The van der Waals surface area contributed by atoms with Gasteiger partial charge in [-0.2, -0.15) is 0 Å². The van der Waals surface area contributed by atoms with Crippen molar-refractivity contribution in [3.05, 3.63) is 29.8 Å². The lowest BCUT2D eigenvalue weighted by molar-refractivity contribution is 0.0705. The minimum atomic E-state index is 0.0662. The van der Waals surface area contributed by atoms with Crippen molar-refractivity contribution in [1.29, 1.82) is 0 Å². The normalized spacial score (nSPS) is 10.4. The second kappa shape index (κ2) is 8.56. The van der Waals surface area contributed by atoms with Crippen LogP contribution in [-0.4, -0.2) is 49.2 Å². The van der Waals surface area contributed by atoms with Crippen molar-refractivity contribution >= 4 is 33.6 Å². The topological polar surface area (TPSA) is 29.5 Å². The van der Waals surface area contributed by atoms with Crippen LogP contribution in [0.25, 0.3) is 0 Å². The Balaban J connectivity index is 2.86. The first-order chi connectivity index (χ1) is 8.74. The number of methoxy groups -OCH3 is 1. The largest absolute Gasteiger partial charge is 0.383 e. The molecule has 1 amide bonds. The molecule has 1 aromatic rings. The molecule has 0 unspecified atom stereocenters. The molecular weight excluding hydrogens is 314 g/mol. The molecule has 100 valence electrons. The van der Waals surface area contributed by atoms with Gasteiger partial charge in [-0.3, -0.25) is 4.79 Å². The predicted octanol–water partition coefficient (Wildman–Crippen LogP) is 2.89. The highest BCUT2D eigenvalue weighted by Crippen LogP contribution is 2.21. The lowest BCUT2D eigenvalue weighted by Gasteiger charge is -2.22. The maximum absolute atomic E-state index is 12.5. The molecule has 3 nitrogen and oxygen atoms in total. The van der Waals surface area contributed by atoms with E-state index in [0.717, 1.165) is 15.8 Å². The zero-order valence-electron chi connectivity index (χ0n) is 10.7. The fourth-order valence-electron chi connectivity index (χ4n) is 1.61. The first-order valence-electron chi connectivity index (χ1n) is 5.71. The molecule has 0 heterocycles. The van der Waals surface area contributed by atoms with Crippen LogP contribution in [0.15, 0.2) is 29.2 Å². The van der Waals surface area contributed by atoms with Crippen LogP contribution < -0.4 is 0 Å². The number of amides is 1. The minimum Gasteiger partial charge on any atom is -0.383 e. The van der Waals surface area contributed by atoms with E-state index < -0.39 is 0 Å². The Bertz CT molecular complexity index is 387. The van der Waals surface area contributed by atoms with E-state index in [-0.39, 0.29) is 5.91 Å². The summed E-state index contributed by atoms with van der Waals surface area (Å²) in [6.45, 7) is 1.86. The maximum atomic E-state index is 12.5. The Hall–Kier alpha value is -0.520. The summed E-state index contributed by atoms with van der Waals surface area (Å²) < 4.78 is 5.05. The monoisotopic (exact) mass is 331 g/mol. The third-order valence-electron chi connectivity index (χ3n) is 2.54. The summed E-state index contributed by atoms with van der Waals surface area (Å²) in [7, 11) is 1.65. The number of hydrogen-bond acceptors (Lipinski definition) is 3. The highest BCUT2D eigenvalue weighted by Gasteiger charge is 2.17. The van der Waals surface area contributed by atoms with Gasteiger partial charge in [0.05, 0.1) is 12.2 Å². The fraction of sp³-hybridized carbons (Fsp3) is 0.462. The fourth-order valence-corrected chi connectivity index (χ4v) is 2.63. The van der Waals surface area contributed by atoms with E-state index in [0.29, 0.717) is 19.7 Å². The number of rotatable bonds is 7. The lowest BCUT2D eigenvalue weighted by atomic mass is 10.2. The summed E-state index contributed by atoms with van der Waals surface area (Å²) in [5.41, 5.74) is 0.766. The van der Waals surface area contributed by atoms with Crippen LogP contribution in [-0.2, 0) is 4.74 Å². The van der Waals surface area contributed by atoms with Crippen LogP contribution in [0.4, 0.5) is 0 Å². The van der Waals surface area contributed by atoms with Crippen molar-refractivity contribution in [1.82, 2.24) is 4.90 Å². The van der Waals surface area contributed by atoms with Gasteiger partial charge in [-0.15, -0.1) is 11.8 Å². The summed E-state index contributed by atoms with van der Waals surface area (Å²) in [6.07, 6.45) is 1.98. The van der Waals surface area contributed by atoms with Crippen LogP contribution >= 0.6 is 27.7 Å². The number of benzene rings is 1. The Labute approximate surface area is 121 Å². The average molecular weight is 332 g/mol. The van der Waals surface area contributed by atoms with Gasteiger partial charge < -0.3 is 9.64 Å².